The molecule has 1 amide bonds. The van der Waals surface area contributed by atoms with Gasteiger partial charge in [-0.1, -0.05) is 0 Å². The molecule has 0 radical (unpaired) electrons. The fourth-order valence-corrected chi connectivity index (χ4v) is 3.17. The van der Waals surface area contributed by atoms with Crippen LogP contribution in [0.3, 0.4) is 0 Å². The first kappa shape index (κ1) is 25.5. The molecule has 5 atom stereocenters. The van der Waals surface area contributed by atoms with Gasteiger partial charge in [0.05, 0.1) is 4.92 Å². The van der Waals surface area contributed by atoms with Gasteiger partial charge in [0.1, 0.15) is 24.5 Å². The molecular formula is C20H24N2O11. The largest absolute Gasteiger partial charge is 0.463 e. The Hall–Kier alpha value is -3.74. The van der Waals surface area contributed by atoms with Crippen LogP contribution in [0.2, 0.25) is 0 Å². The molecule has 1 aliphatic rings. The Bertz CT molecular complexity index is 902. The van der Waals surface area contributed by atoms with Gasteiger partial charge in [0, 0.05) is 39.8 Å². The molecule has 13 heteroatoms. The van der Waals surface area contributed by atoms with Crippen LogP contribution in [0, 0.1) is 10.1 Å². The van der Waals surface area contributed by atoms with E-state index in [9.17, 15) is 29.3 Å². The molecule has 13 nitrogen and oxygen atoms in total. The monoisotopic (exact) mass is 468 g/mol. The van der Waals surface area contributed by atoms with E-state index in [4.69, 9.17) is 23.7 Å². The van der Waals surface area contributed by atoms with Gasteiger partial charge in [-0.3, -0.25) is 29.3 Å². The Balaban J connectivity index is 2.43. The van der Waals surface area contributed by atoms with E-state index in [1.165, 1.54) is 31.2 Å². The number of non-ortho nitro benzene ring substituents is 1. The Morgan fingerprint density at radius 2 is 1.55 bits per heavy atom. The summed E-state index contributed by atoms with van der Waals surface area (Å²) in [5.74, 6) is -2.50. The normalized spacial score (nSPS) is 24.2. The first-order valence-electron chi connectivity index (χ1n) is 9.79. The van der Waals surface area contributed by atoms with Crippen molar-refractivity contribution in [3.8, 4) is 5.75 Å². The molecule has 33 heavy (non-hydrogen) atoms. The molecule has 1 aliphatic heterocycles. The van der Waals surface area contributed by atoms with E-state index in [0.29, 0.717) is 0 Å². The molecule has 1 N–H and O–H groups in total. The number of benzene rings is 1. The minimum atomic E-state index is -1.31. The van der Waals surface area contributed by atoms with Gasteiger partial charge in [-0.2, -0.15) is 0 Å². The van der Waals surface area contributed by atoms with Crippen LogP contribution in [0.4, 0.5) is 5.69 Å². The summed E-state index contributed by atoms with van der Waals surface area (Å²) in [5, 5.41) is 13.4. The standard InChI is InChI=1S/C20H24N2O11/c1-10(23)21-17-19(31-13(4)26)18(30-12(3)25)16(9-29-11(2)24)33-20(17)32-15-7-5-14(6-8-15)22(27)28/h5-8,16-20H,9H2,1-4H3,(H,21,23)/t16-,17-,18+,19-,20-/m1/s1. The van der Waals surface area contributed by atoms with Gasteiger partial charge in [0.15, 0.2) is 12.2 Å². The third kappa shape index (κ3) is 7.42. The molecule has 1 fully saturated rings. The lowest BCUT2D eigenvalue weighted by molar-refractivity contribution is -0.384. The quantitative estimate of drug-likeness (QED) is 0.246. The van der Waals surface area contributed by atoms with Crippen LogP contribution in [0.5, 0.6) is 5.75 Å². The number of nitrogens with one attached hydrogen (secondary N) is 1. The van der Waals surface area contributed by atoms with Crippen LogP contribution in [0.1, 0.15) is 27.7 Å². The van der Waals surface area contributed by atoms with Gasteiger partial charge in [-0.05, 0) is 12.1 Å². The topological polar surface area (TPSA) is 170 Å². The average Bonchev–Trinajstić information content (AvgIpc) is 2.70. The Morgan fingerprint density at radius 3 is 2.03 bits per heavy atom. The fourth-order valence-electron chi connectivity index (χ4n) is 3.17. The highest BCUT2D eigenvalue weighted by Gasteiger charge is 2.51. The summed E-state index contributed by atoms with van der Waals surface area (Å²) in [7, 11) is 0. The second-order valence-electron chi connectivity index (χ2n) is 7.09. The number of hydrogen-bond donors (Lipinski definition) is 1. The Morgan fingerprint density at radius 1 is 0.970 bits per heavy atom. The molecule has 1 heterocycles. The predicted molar refractivity (Wildman–Crippen MR) is 108 cm³/mol. The van der Waals surface area contributed by atoms with Gasteiger partial charge in [-0.25, -0.2) is 0 Å². The van der Waals surface area contributed by atoms with E-state index < -0.39 is 59.4 Å². The molecular weight excluding hydrogens is 444 g/mol. The highest BCUT2D eigenvalue weighted by atomic mass is 16.7. The molecule has 1 aromatic rings. The van der Waals surface area contributed by atoms with Crippen molar-refractivity contribution >= 4 is 29.5 Å². The number of ether oxygens (including phenoxy) is 5. The zero-order chi connectivity index (χ0) is 24.7. The SMILES string of the molecule is CC(=O)N[C@H]1[C@H](Oc2ccc([N+](=O)[O-])cc2)O[C@H](COC(C)=O)[C@H](OC(C)=O)[C@@H]1OC(C)=O. The lowest BCUT2D eigenvalue weighted by Gasteiger charge is -2.44. The Labute approximate surface area is 188 Å². The highest BCUT2D eigenvalue weighted by molar-refractivity contribution is 5.73. The van der Waals surface area contributed by atoms with Crippen molar-refractivity contribution in [1.29, 1.82) is 0 Å². The third-order valence-electron chi connectivity index (χ3n) is 4.37. The van der Waals surface area contributed by atoms with Crippen molar-refractivity contribution in [3.63, 3.8) is 0 Å². The van der Waals surface area contributed by atoms with Gasteiger partial charge in [-0.15, -0.1) is 0 Å². The van der Waals surface area contributed by atoms with E-state index in [2.05, 4.69) is 5.32 Å². The minimum absolute atomic E-state index is 0.139. The maximum Gasteiger partial charge on any atom is 0.303 e. The predicted octanol–water partition coefficient (Wildman–Crippen LogP) is 0.630. The van der Waals surface area contributed by atoms with E-state index in [1.807, 2.05) is 0 Å². The molecule has 0 aliphatic carbocycles. The van der Waals surface area contributed by atoms with E-state index in [0.717, 1.165) is 20.8 Å². The summed E-state index contributed by atoms with van der Waals surface area (Å²) in [5.41, 5.74) is -0.175. The van der Waals surface area contributed by atoms with Crippen LogP contribution in [-0.2, 0) is 38.1 Å². The summed E-state index contributed by atoms with van der Waals surface area (Å²) in [4.78, 5) is 57.0. The van der Waals surface area contributed by atoms with Crippen LogP contribution >= 0.6 is 0 Å². The number of amides is 1. The lowest BCUT2D eigenvalue weighted by Crippen LogP contribution is -2.67. The summed E-state index contributed by atoms with van der Waals surface area (Å²) < 4.78 is 27.2. The molecule has 0 bridgehead atoms. The van der Waals surface area contributed by atoms with Crippen molar-refractivity contribution in [2.24, 2.45) is 0 Å². The van der Waals surface area contributed by atoms with E-state index in [-0.39, 0.29) is 18.0 Å². The molecule has 1 saturated heterocycles. The highest BCUT2D eigenvalue weighted by Crippen LogP contribution is 2.29. The molecule has 0 aromatic heterocycles. The zero-order valence-corrected chi connectivity index (χ0v) is 18.3. The molecule has 0 spiro atoms. The number of carbonyl (C=O) groups excluding carboxylic acids is 4. The fraction of sp³-hybridized carbons (Fsp3) is 0.500. The third-order valence-corrected chi connectivity index (χ3v) is 4.37. The molecule has 180 valence electrons. The Kier molecular flexibility index (Phi) is 8.68. The molecule has 1 aromatic carbocycles. The summed E-state index contributed by atoms with van der Waals surface area (Å²) in [6.07, 6.45) is -4.96. The second kappa shape index (κ2) is 11.2. The van der Waals surface area contributed by atoms with Gasteiger partial charge in [0.25, 0.3) is 5.69 Å². The zero-order valence-electron chi connectivity index (χ0n) is 18.3. The van der Waals surface area contributed by atoms with Crippen molar-refractivity contribution in [1.82, 2.24) is 5.32 Å². The number of nitrogens with zero attached hydrogens (tertiary/aromatic N) is 1. The number of nitro benzene ring substituents is 1. The van der Waals surface area contributed by atoms with E-state index >= 15 is 0 Å². The van der Waals surface area contributed by atoms with E-state index in [1.54, 1.807) is 0 Å². The number of hydrogen-bond acceptors (Lipinski definition) is 11. The summed E-state index contributed by atoms with van der Waals surface area (Å²) in [6, 6.07) is 3.87. The van der Waals surface area contributed by atoms with Crippen LogP contribution in [-0.4, -0.2) is 66.0 Å². The lowest BCUT2D eigenvalue weighted by atomic mass is 9.96. The van der Waals surface area contributed by atoms with Gasteiger partial charge in [0.2, 0.25) is 12.2 Å². The van der Waals surface area contributed by atoms with Gasteiger partial charge >= 0.3 is 17.9 Å². The number of nitro groups is 1. The minimum Gasteiger partial charge on any atom is -0.463 e. The van der Waals surface area contributed by atoms with Crippen molar-refractivity contribution < 1.29 is 47.8 Å². The summed E-state index contributed by atoms with van der Waals surface area (Å²) in [6.45, 7) is 4.24. The number of rotatable bonds is 8. The summed E-state index contributed by atoms with van der Waals surface area (Å²) >= 11 is 0. The molecule has 2 rings (SSSR count). The van der Waals surface area contributed by atoms with Gasteiger partial charge < -0.3 is 29.0 Å². The first-order valence-corrected chi connectivity index (χ1v) is 9.79. The number of carbonyl (C=O) groups is 4. The first-order chi connectivity index (χ1) is 15.5. The molecule has 0 saturated carbocycles. The smallest absolute Gasteiger partial charge is 0.303 e. The van der Waals surface area contributed by atoms with Crippen molar-refractivity contribution in [3.05, 3.63) is 34.4 Å². The van der Waals surface area contributed by atoms with Crippen LogP contribution in [0.25, 0.3) is 0 Å². The molecule has 0 unspecified atom stereocenters. The maximum atomic E-state index is 11.9. The average molecular weight is 468 g/mol. The maximum absolute atomic E-state index is 11.9. The van der Waals surface area contributed by atoms with Crippen LogP contribution in [0.15, 0.2) is 24.3 Å². The second-order valence-corrected chi connectivity index (χ2v) is 7.09. The van der Waals surface area contributed by atoms with Crippen LogP contribution < -0.4 is 10.1 Å². The van der Waals surface area contributed by atoms with Crippen molar-refractivity contribution in [2.75, 3.05) is 6.61 Å². The number of esters is 3. The van der Waals surface area contributed by atoms with Crippen molar-refractivity contribution in [2.45, 2.75) is 58.3 Å².